The van der Waals surface area contributed by atoms with Gasteiger partial charge in [-0.2, -0.15) is 41.5 Å². The van der Waals surface area contributed by atoms with Crippen molar-refractivity contribution in [2.75, 3.05) is 0 Å². The number of aromatic nitrogens is 4. The Bertz CT molecular complexity index is 1080. The molecule has 0 aliphatic rings. The van der Waals surface area contributed by atoms with Crippen LogP contribution in [0.4, 0.5) is 4.39 Å². The van der Waals surface area contributed by atoms with Gasteiger partial charge in [0.15, 0.2) is 5.95 Å². The topological polar surface area (TPSA) is 43.6 Å². The van der Waals surface area contributed by atoms with E-state index in [1.165, 1.54) is 12.1 Å². The van der Waals surface area contributed by atoms with E-state index in [-0.39, 0.29) is 21.1 Å². The summed E-state index contributed by atoms with van der Waals surface area (Å²) in [4.78, 5) is 8.57. The second-order valence-electron chi connectivity index (χ2n) is 6.69. The second kappa shape index (κ2) is 8.15. The summed E-state index contributed by atoms with van der Waals surface area (Å²) in [5, 5.41) is 4.71. The minimum Gasteiger partial charge on any atom is -0.314 e. The minimum absolute atomic E-state index is 0. The van der Waals surface area contributed by atoms with Gasteiger partial charge in [-0.25, -0.2) is 4.39 Å². The number of para-hydroxylation sites is 1. The van der Waals surface area contributed by atoms with Crippen molar-refractivity contribution in [1.29, 1.82) is 0 Å². The average molecular weight is 551 g/mol. The molecule has 0 saturated heterocycles. The predicted octanol–water partition coefficient (Wildman–Crippen LogP) is 4.39. The number of benzene rings is 1. The summed E-state index contributed by atoms with van der Waals surface area (Å²) in [7, 11) is 0. The maximum atomic E-state index is 13.4. The Hall–Kier alpha value is -2.65. The molecule has 0 unspecified atom stereocenters. The summed E-state index contributed by atoms with van der Waals surface area (Å²) in [6.45, 7) is 4.12. The summed E-state index contributed by atoms with van der Waals surface area (Å²) in [5.74, 6) is -0.548. The van der Waals surface area contributed by atoms with E-state index in [2.05, 4.69) is 31.0 Å². The van der Waals surface area contributed by atoms with Crippen molar-refractivity contribution in [3.05, 3.63) is 96.3 Å². The first-order valence-corrected chi connectivity index (χ1v) is 8.59. The normalized spacial score (nSPS) is 11.1. The van der Waals surface area contributed by atoms with Crippen LogP contribution in [0.1, 0.15) is 25.2 Å². The van der Waals surface area contributed by atoms with E-state index in [0.29, 0.717) is 11.4 Å². The zero-order valence-corrected chi connectivity index (χ0v) is 17.6. The van der Waals surface area contributed by atoms with E-state index < -0.39 is 11.4 Å². The van der Waals surface area contributed by atoms with Crippen LogP contribution in [0.5, 0.6) is 0 Å². The van der Waals surface area contributed by atoms with Gasteiger partial charge in [0.25, 0.3) is 0 Å². The first-order valence-electron chi connectivity index (χ1n) is 8.59. The molecule has 0 aliphatic heterocycles. The Morgan fingerprint density at radius 2 is 1.75 bits per heavy atom. The van der Waals surface area contributed by atoms with E-state index in [0.717, 1.165) is 17.1 Å². The molecule has 0 spiro atoms. The Balaban J connectivity index is 0.00000225. The van der Waals surface area contributed by atoms with Gasteiger partial charge in [0.2, 0.25) is 0 Å². The first-order chi connectivity index (χ1) is 13.0. The monoisotopic (exact) mass is 551 g/mol. The van der Waals surface area contributed by atoms with Gasteiger partial charge in [-0.15, -0.1) is 12.1 Å². The van der Waals surface area contributed by atoms with Crippen molar-refractivity contribution >= 4 is 0 Å². The molecule has 0 atom stereocenters. The molecule has 0 amide bonds. The SMILES string of the molecule is CC(C)(c1cccc(-c2[c-]ccc(F)n2)n1)c1ccn(-c2[c-]cccc2)n1.[Pt+2]. The van der Waals surface area contributed by atoms with E-state index in [1.807, 2.05) is 48.7 Å². The zero-order chi connectivity index (χ0) is 18.9. The zero-order valence-electron chi connectivity index (χ0n) is 15.3. The predicted molar refractivity (Wildman–Crippen MR) is 101 cm³/mol. The molecule has 0 aliphatic carbocycles. The van der Waals surface area contributed by atoms with Gasteiger partial charge in [-0.05, 0) is 43.1 Å². The Kier molecular flexibility index (Phi) is 5.85. The molecule has 0 fully saturated rings. The van der Waals surface area contributed by atoms with Gasteiger partial charge in [-0.3, -0.25) is 9.67 Å². The summed E-state index contributed by atoms with van der Waals surface area (Å²) in [6, 6.07) is 24.2. The van der Waals surface area contributed by atoms with Gasteiger partial charge in [-0.1, -0.05) is 12.1 Å². The maximum Gasteiger partial charge on any atom is 2.00 e. The van der Waals surface area contributed by atoms with Crippen LogP contribution < -0.4 is 0 Å². The summed E-state index contributed by atoms with van der Waals surface area (Å²) < 4.78 is 15.2. The molecule has 0 saturated carbocycles. The number of hydrogen-bond donors (Lipinski definition) is 0. The van der Waals surface area contributed by atoms with Crippen LogP contribution in [0.2, 0.25) is 0 Å². The van der Waals surface area contributed by atoms with Crippen molar-refractivity contribution in [2.24, 2.45) is 0 Å². The van der Waals surface area contributed by atoms with Crippen LogP contribution in [0.3, 0.4) is 0 Å². The molecular weight excluding hydrogens is 534 g/mol. The quantitative estimate of drug-likeness (QED) is 0.279. The fraction of sp³-hybridized carbons (Fsp3) is 0.136. The molecule has 0 bridgehead atoms. The van der Waals surface area contributed by atoms with E-state index in [9.17, 15) is 4.39 Å². The summed E-state index contributed by atoms with van der Waals surface area (Å²) >= 11 is 0. The van der Waals surface area contributed by atoms with E-state index in [4.69, 9.17) is 10.1 Å². The number of pyridine rings is 2. The van der Waals surface area contributed by atoms with Crippen molar-refractivity contribution in [3.8, 4) is 17.1 Å². The van der Waals surface area contributed by atoms with Gasteiger partial charge in [0.1, 0.15) is 0 Å². The third-order valence-electron chi connectivity index (χ3n) is 4.46. The molecule has 6 heteroatoms. The number of hydrogen-bond acceptors (Lipinski definition) is 3. The molecule has 4 nitrogen and oxygen atoms in total. The van der Waals surface area contributed by atoms with Crippen molar-refractivity contribution in [3.63, 3.8) is 0 Å². The molecule has 1 aromatic carbocycles. The Morgan fingerprint density at radius 1 is 0.893 bits per heavy atom. The van der Waals surface area contributed by atoms with Crippen molar-refractivity contribution in [2.45, 2.75) is 19.3 Å². The van der Waals surface area contributed by atoms with E-state index >= 15 is 0 Å². The second-order valence-corrected chi connectivity index (χ2v) is 6.69. The van der Waals surface area contributed by atoms with Crippen LogP contribution in [0, 0.1) is 18.1 Å². The van der Waals surface area contributed by atoms with Crippen LogP contribution in [-0.2, 0) is 26.5 Å². The summed E-state index contributed by atoms with van der Waals surface area (Å²) in [6.07, 6.45) is 1.91. The molecular formula is C22H17FN4Pt. The van der Waals surface area contributed by atoms with Crippen molar-refractivity contribution < 1.29 is 25.5 Å². The minimum atomic E-state index is -0.548. The molecule has 4 rings (SSSR count). The largest absolute Gasteiger partial charge is 2.00 e. The third-order valence-corrected chi connectivity index (χ3v) is 4.46. The first kappa shape index (κ1) is 20.1. The van der Waals surface area contributed by atoms with Crippen LogP contribution >= 0.6 is 0 Å². The Labute approximate surface area is 177 Å². The molecule has 3 heterocycles. The maximum absolute atomic E-state index is 13.4. The van der Waals surface area contributed by atoms with Crippen molar-refractivity contribution in [1.82, 2.24) is 19.7 Å². The molecule has 4 aromatic rings. The standard InChI is InChI=1S/C22H17FN4.Pt/c1-22(2,20-14-15-27(26-20)16-8-4-3-5-9-16)19-12-6-10-17(24-19)18-11-7-13-21(23)25-18;/h3-8,10,12-15H,1-2H3;/q-2;+2. The number of nitrogens with zero attached hydrogens (tertiary/aromatic N) is 4. The molecule has 3 aromatic heterocycles. The van der Waals surface area contributed by atoms with Crippen LogP contribution in [0.15, 0.2) is 66.9 Å². The number of halogens is 1. The van der Waals surface area contributed by atoms with Gasteiger partial charge in [0, 0.05) is 17.3 Å². The smallest absolute Gasteiger partial charge is 0.314 e. The van der Waals surface area contributed by atoms with Gasteiger partial charge in [0.05, 0.1) is 5.69 Å². The molecule has 142 valence electrons. The van der Waals surface area contributed by atoms with Gasteiger partial charge >= 0.3 is 21.1 Å². The average Bonchev–Trinajstić information content (AvgIpc) is 3.20. The van der Waals surface area contributed by atoms with Crippen LogP contribution in [-0.4, -0.2) is 19.7 Å². The van der Waals surface area contributed by atoms with Crippen LogP contribution in [0.25, 0.3) is 17.1 Å². The fourth-order valence-corrected chi connectivity index (χ4v) is 2.86. The third kappa shape index (κ3) is 3.95. The molecule has 28 heavy (non-hydrogen) atoms. The molecule has 0 N–H and O–H groups in total. The molecule has 0 radical (unpaired) electrons. The summed E-state index contributed by atoms with van der Waals surface area (Å²) in [5.41, 5.74) is 3.10. The van der Waals surface area contributed by atoms with Gasteiger partial charge < -0.3 is 4.98 Å². The van der Waals surface area contributed by atoms with E-state index in [1.54, 1.807) is 10.7 Å². The fourth-order valence-electron chi connectivity index (χ4n) is 2.86. The Morgan fingerprint density at radius 3 is 2.50 bits per heavy atom. The number of rotatable bonds is 4.